The third kappa shape index (κ3) is 5.92. The van der Waals surface area contributed by atoms with Crippen molar-refractivity contribution in [2.75, 3.05) is 26.2 Å². The average molecular weight is 481 g/mol. The van der Waals surface area contributed by atoms with Gasteiger partial charge in [0.25, 0.3) is 5.91 Å². The molecule has 0 spiro atoms. The Morgan fingerprint density at radius 3 is 2.30 bits per heavy atom. The fourth-order valence-corrected chi connectivity index (χ4v) is 5.98. The third-order valence-corrected chi connectivity index (χ3v) is 8.07. The summed E-state index contributed by atoms with van der Waals surface area (Å²) in [6.45, 7) is 4.55. The lowest BCUT2D eigenvalue weighted by Gasteiger charge is -2.35. The molecular formula is C23H32N2O7S. The summed E-state index contributed by atoms with van der Waals surface area (Å²) in [5.41, 5.74) is 0. The summed E-state index contributed by atoms with van der Waals surface area (Å²) in [5, 5.41) is 0. The lowest BCUT2D eigenvalue weighted by Crippen LogP contribution is -2.51. The zero-order valence-electron chi connectivity index (χ0n) is 19.1. The molecular weight excluding hydrogens is 448 g/mol. The summed E-state index contributed by atoms with van der Waals surface area (Å²) >= 11 is 0. The number of likely N-dealkylation sites (tertiary alicyclic amines) is 1. The molecule has 2 aliphatic heterocycles. The molecule has 2 heterocycles. The molecule has 10 heteroatoms. The lowest BCUT2D eigenvalue weighted by atomic mass is 9.96. The quantitative estimate of drug-likeness (QED) is 0.549. The molecule has 1 aromatic rings. The van der Waals surface area contributed by atoms with Gasteiger partial charge in [0.2, 0.25) is 10.0 Å². The molecule has 3 rings (SSSR count). The minimum atomic E-state index is -3.86. The molecule has 9 nitrogen and oxygen atoms in total. The number of amides is 1. The lowest BCUT2D eigenvalue weighted by molar-refractivity contribution is -0.164. The van der Waals surface area contributed by atoms with Crippen molar-refractivity contribution in [3.8, 4) is 0 Å². The number of carbonyl (C=O) groups excluding carboxylic acids is 3. The molecule has 2 fully saturated rings. The van der Waals surface area contributed by atoms with E-state index in [4.69, 9.17) is 9.47 Å². The van der Waals surface area contributed by atoms with Gasteiger partial charge >= 0.3 is 11.9 Å². The molecule has 182 valence electrons. The minimum Gasteiger partial charge on any atom is -0.466 e. The van der Waals surface area contributed by atoms with Crippen LogP contribution in [-0.4, -0.2) is 73.9 Å². The van der Waals surface area contributed by atoms with Crippen molar-refractivity contribution in [3.63, 3.8) is 0 Å². The van der Waals surface area contributed by atoms with E-state index < -0.39 is 28.1 Å². The zero-order chi connectivity index (χ0) is 24.0. The van der Waals surface area contributed by atoms with Crippen molar-refractivity contribution in [1.82, 2.24) is 9.21 Å². The van der Waals surface area contributed by atoms with Gasteiger partial charge in [-0.2, -0.15) is 4.31 Å². The molecule has 2 aliphatic rings. The normalized spacial score (nSPS) is 21.3. The van der Waals surface area contributed by atoms with E-state index in [-0.39, 0.29) is 29.2 Å². The van der Waals surface area contributed by atoms with Crippen LogP contribution in [0.3, 0.4) is 0 Å². The first-order chi connectivity index (χ1) is 15.8. The van der Waals surface area contributed by atoms with Crippen molar-refractivity contribution in [2.24, 2.45) is 5.92 Å². The molecule has 0 saturated carbocycles. The van der Waals surface area contributed by atoms with E-state index in [1.165, 1.54) is 23.4 Å². The Morgan fingerprint density at radius 2 is 1.67 bits per heavy atom. The van der Waals surface area contributed by atoms with Crippen LogP contribution in [0, 0.1) is 5.92 Å². The molecule has 1 aromatic carbocycles. The second-order valence-corrected chi connectivity index (χ2v) is 10.3. The Hall–Kier alpha value is -2.46. The Morgan fingerprint density at radius 1 is 1.00 bits per heavy atom. The molecule has 1 amide bonds. The predicted octanol–water partition coefficient (Wildman–Crippen LogP) is 1.96. The van der Waals surface area contributed by atoms with Crippen molar-refractivity contribution < 1.29 is 32.3 Å². The summed E-state index contributed by atoms with van der Waals surface area (Å²) in [4.78, 5) is 39.4. The monoisotopic (exact) mass is 480 g/mol. The number of hydrogen-bond donors (Lipinski definition) is 0. The SMILES string of the molecule is CCOC(=O)C1CCN(C(=O)[C@H](C)OC(=O)[C@@H]2CCCCN2S(=O)(=O)c2ccccc2)CC1. The molecule has 0 aliphatic carbocycles. The standard InChI is InChI=1S/C23H32N2O7S/c1-3-31-22(27)18-12-15-24(16-13-18)21(26)17(2)32-23(28)20-11-7-8-14-25(20)33(29,30)19-9-5-4-6-10-19/h4-6,9-10,17-18,20H,3,7-8,11-16H2,1-2H3/t17-,20-/m0/s1. The molecule has 2 saturated heterocycles. The topological polar surface area (TPSA) is 110 Å². The van der Waals surface area contributed by atoms with Crippen molar-refractivity contribution in [3.05, 3.63) is 30.3 Å². The van der Waals surface area contributed by atoms with Crippen LogP contribution in [0.25, 0.3) is 0 Å². The van der Waals surface area contributed by atoms with Crippen LogP contribution in [-0.2, 0) is 33.9 Å². The van der Waals surface area contributed by atoms with E-state index in [1.54, 1.807) is 30.0 Å². The summed E-state index contributed by atoms with van der Waals surface area (Å²) in [6.07, 6.45) is 1.65. The first-order valence-corrected chi connectivity index (χ1v) is 12.9. The first-order valence-electron chi connectivity index (χ1n) is 11.5. The number of rotatable bonds is 7. The average Bonchev–Trinajstić information content (AvgIpc) is 2.84. The fraction of sp³-hybridized carbons (Fsp3) is 0.609. The smallest absolute Gasteiger partial charge is 0.325 e. The number of sulfonamides is 1. The number of esters is 2. The fourth-order valence-electron chi connectivity index (χ4n) is 4.31. The molecule has 0 unspecified atom stereocenters. The van der Waals surface area contributed by atoms with Crippen LogP contribution >= 0.6 is 0 Å². The summed E-state index contributed by atoms with van der Waals surface area (Å²) in [6, 6.07) is 7.03. The van der Waals surface area contributed by atoms with Gasteiger partial charge in [-0.1, -0.05) is 18.2 Å². The molecule has 0 N–H and O–H groups in total. The minimum absolute atomic E-state index is 0.123. The highest BCUT2D eigenvalue weighted by atomic mass is 32.2. The summed E-state index contributed by atoms with van der Waals surface area (Å²) < 4.78 is 37.9. The Labute approximate surface area is 195 Å². The van der Waals surface area contributed by atoms with Crippen LogP contribution in [0.4, 0.5) is 0 Å². The van der Waals surface area contributed by atoms with Crippen molar-refractivity contribution in [2.45, 2.75) is 63.0 Å². The molecule has 2 atom stereocenters. The molecule has 33 heavy (non-hydrogen) atoms. The van der Waals surface area contributed by atoms with Gasteiger partial charge < -0.3 is 14.4 Å². The zero-order valence-corrected chi connectivity index (χ0v) is 20.0. The number of hydrogen-bond acceptors (Lipinski definition) is 7. The van der Waals surface area contributed by atoms with Gasteiger partial charge in [-0.15, -0.1) is 0 Å². The van der Waals surface area contributed by atoms with E-state index in [9.17, 15) is 22.8 Å². The van der Waals surface area contributed by atoms with Crippen molar-refractivity contribution >= 4 is 27.9 Å². The maximum absolute atomic E-state index is 13.1. The number of nitrogens with zero attached hydrogens (tertiary/aromatic N) is 2. The summed E-state index contributed by atoms with van der Waals surface area (Å²) in [7, 11) is -3.86. The third-order valence-electron chi connectivity index (χ3n) is 6.14. The Balaban J connectivity index is 1.61. The van der Waals surface area contributed by atoms with E-state index in [1.807, 2.05) is 0 Å². The van der Waals surface area contributed by atoms with E-state index in [0.29, 0.717) is 51.8 Å². The number of carbonyl (C=O) groups is 3. The van der Waals surface area contributed by atoms with Crippen LogP contribution < -0.4 is 0 Å². The molecule has 0 aromatic heterocycles. The second kappa shape index (κ2) is 11.1. The highest BCUT2D eigenvalue weighted by Gasteiger charge is 2.40. The van der Waals surface area contributed by atoms with Gasteiger partial charge in [0.05, 0.1) is 17.4 Å². The highest BCUT2D eigenvalue weighted by molar-refractivity contribution is 7.89. The first kappa shape index (κ1) is 25.2. The van der Waals surface area contributed by atoms with Gasteiger partial charge in [-0.25, -0.2) is 8.42 Å². The van der Waals surface area contributed by atoms with Gasteiger partial charge in [-0.05, 0) is 58.1 Å². The summed E-state index contributed by atoms with van der Waals surface area (Å²) in [5.74, 6) is -1.54. The maximum atomic E-state index is 13.1. The van der Waals surface area contributed by atoms with Gasteiger partial charge in [-0.3, -0.25) is 14.4 Å². The Bertz CT molecular complexity index is 943. The van der Waals surface area contributed by atoms with E-state index in [0.717, 1.165) is 0 Å². The predicted molar refractivity (Wildman–Crippen MR) is 119 cm³/mol. The van der Waals surface area contributed by atoms with Crippen LogP contribution in [0.1, 0.15) is 46.0 Å². The largest absolute Gasteiger partial charge is 0.466 e. The van der Waals surface area contributed by atoms with Crippen molar-refractivity contribution in [1.29, 1.82) is 0 Å². The van der Waals surface area contributed by atoms with Gasteiger partial charge in [0, 0.05) is 19.6 Å². The Kier molecular flexibility index (Phi) is 8.47. The van der Waals surface area contributed by atoms with E-state index in [2.05, 4.69) is 0 Å². The molecule has 0 radical (unpaired) electrons. The number of benzene rings is 1. The number of ether oxygens (including phenoxy) is 2. The van der Waals surface area contributed by atoms with Gasteiger partial charge in [0.1, 0.15) is 6.04 Å². The highest BCUT2D eigenvalue weighted by Crippen LogP contribution is 2.27. The van der Waals surface area contributed by atoms with E-state index >= 15 is 0 Å². The van der Waals surface area contributed by atoms with Crippen LogP contribution in [0.15, 0.2) is 35.2 Å². The van der Waals surface area contributed by atoms with Gasteiger partial charge in [0.15, 0.2) is 6.10 Å². The molecule has 0 bridgehead atoms. The second-order valence-electron chi connectivity index (χ2n) is 8.37. The maximum Gasteiger partial charge on any atom is 0.325 e. The number of piperidine rings is 2. The van der Waals surface area contributed by atoms with Crippen LogP contribution in [0.5, 0.6) is 0 Å². The van der Waals surface area contributed by atoms with Crippen LogP contribution in [0.2, 0.25) is 0 Å².